The fourth-order valence-electron chi connectivity index (χ4n) is 3.10. The number of hydrogen-bond acceptors (Lipinski definition) is 7. The Balaban J connectivity index is 1.28. The van der Waals surface area contributed by atoms with Crippen molar-refractivity contribution in [1.82, 2.24) is 14.9 Å². The predicted molar refractivity (Wildman–Crippen MR) is 117 cm³/mol. The number of carboxylic acids is 1. The quantitative estimate of drug-likeness (QED) is 0.618. The van der Waals surface area contributed by atoms with Gasteiger partial charge in [-0.05, 0) is 42.5 Å². The molecule has 9 nitrogen and oxygen atoms in total. The van der Waals surface area contributed by atoms with Crippen LogP contribution in [-0.4, -0.2) is 58.2 Å². The molecule has 0 atom stereocenters. The third-order valence-corrected chi connectivity index (χ3v) is 5.03. The first-order valence-corrected chi connectivity index (χ1v) is 10.2. The summed E-state index contributed by atoms with van der Waals surface area (Å²) < 4.78 is 11.1. The minimum atomic E-state index is -1.02. The zero-order valence-corrected chi connectivity index (χ0v) is 17.6. The van der Waals surface area contributed by atoms with Gasteiger partial charge in [0.1, 0.15) is 17.3 Å². The number of pyridine rings is 2. The molecule has 0 saturated carbocycles. The lowest BCUT2D eigenvalue weighted by Crippen LogP contribution is -2.49. The molecule has 2 aromatic heterocycles. The number of aromatic carboxylic acids is 1. The Bertz CT molecular complexity index is 1080. The Kier molecular flexibility index (Phi) is 6.37. The molecular formula is C22H19ClN4O5. The number of hydrogen-bond donors (Lipinski definition) is 1. The van der Waals surface area contributed by atoms with Gasteiger partial charge in [-0.2, -0.15) is 0 Å². The standard InChI is InChI=1S/C22H19ClN4O5/c23-16-2-8-20(25-14-16)31-17-3-5-18(6-4-17)32-22(30)27-11-9-26(10-12-27)19-7-1-15(13-24-19)21(28)29/h1-8,13-14H,9-12H2,(H,28,29). The normalized spacial score (nSPS) is 13.5. The summed E-state index contributed by atoms with van der Waals surface area (Å²) in [6, 6.07) is 13.2. The number of carbonyl (C=O) groups excluding carboxylic acids is 1. The molecular weight excluding hydrogens is 436 g/mol. The van der Waals surface area contributed by atoms with Gasteiger partial charge in [0.2, 0.25) is 5.88 Å². The van der Waals surface area contributed by atoms with E-state index in [0.29, 0.717) is 54.4 Å². The van der Waals surface area contributed by atoms with Gasteiger partial charge in [0.15, 0.2) is 0 Å². The van der Waals surface area contributed by atoms with Crippen LogP contribution in [0, 0.1) is 0 Å². The second kappa shape index (κ2) is 9.52. The number of carboxylic acid groups (broad SMARTS) is 1. The van der Waals surface area contributed by atoms with Crippen LogP contribution in [-0.2, 0) is 0 Å². The van der Waals surface area contributed by atoms with E-state index in [1.807, 2.05) is 4.90 Å². The molecule has 1 aliphatic heterocycles. The Morgan fingerprint density at radius 3 is 2.19 bits per heavy atom. The molecule has 10 heteroatoms. The SMILES string of the molecule is O=C(O)c1ccc(N2CCN(C(=O)Oc3ccc(Oc4ccc(Cl)cn4)cc3)CC2)nc1. The third-order valence-electron chi connectivity index (χ3n) is 4.81. The van der Waals surface area contributed by atoms with E-state index in [0.717, 1.165) is 0 Å². The van der Waals surface area contributed by atoms with Crippen molar-refractivity contribution in [2.45, 2.75) is 0 Å². The van der Waals surface area contributed by atoms with Crippen molar-refractivity contribution in [2.75, 3.05) is 31.1 Å². The van der Waals surface area contributed by atoms with Gasteiger partial charge >= 0.3 is 12.1 Å². The van der Waals surface area contributed by atoms with Crippen LogP contribution in [0.25, 0.3) is 0 Å². The maximum atomic E-state index is 12.5. The molecule has 0 bridgehead atoms. The van der Waals surface area contributed by atoms with Crippen LogP contribution in [0.3, 0.4) is 0 Å². The first kappa shape index (κ1) is 21.4. The largest absolute Gasteiger partial charge is 0.478 e. The molecule has 32 heavy (non-hydrogen) atoms. The monoisotopic (exact) mass is 454 g/mol. The van der Waals surface area contributed by atoms with Gasteiger partial charge in [-0.15, -0.1) is 0 Å². The highest BCUT2D eigenvalue weighted by Gasteiger charge is 2.23. The lowest BCUT2D eigenvalue weighted by atomic mass is 10.2. The summed E-state index contributed by atoms with van der Waals surface area (Å²) in [5.74, 6) is 1.02. The van der Waals surface area contributed by atoms with Crippen LogP contribution in [0.5, 0.6) is 17.4 Å². The maximum Gasteiger partial charge on any atom is 0.415 e. The molecule has 0 spiro atoms. The number of aromatic nitrogens is 2. The molecule has 1 amide bonds. The van der Waals surface area contributed by atoms with Crippen molar-refractivity contribution in [1.29, 1.82) is 0 Å². The Labute approximate surface area is 188 Å². The number of rotatable bonds is 5. The van der Waals surface area contributed by atoms with E-state index in [9.17, 15) is 9.59 Å². The summed E-state index contributed by atoms with van der Waals surface area (Å²) in [5.41, 5.74) is 0.136. The summed E-state index contributed by atoms with van der Waals surface area (Å²) in [7, 11) is 0. The van der Waals surface area contributed by atoms with Crippen molar-refractivity contribution >= 4 is 29.5 Å². The van der Waals surface area contributed by atoms with Gasteiger partial charge in [0.25, 0.3) is 0 Å². The second-order valence-corrected chi connectivity index (χ2v) is 7.38. The number of piperazine rings is 1. The Morgan fingerprint density at radius 1 is 0.875 bits per heavy atom. The number of carbonyl (C=O) groups is 2. The van der Waals surface area contributed by atoms with Gasteiger partial charge in [-0.3, -0.25) is 0 Å². The third kappa shape index (κ3) is 5.25. The van der Waals surface area contributed by atoms with E-state index in [1.54, 1.807) is 47.4 Å². The summed E-state index contributed by atoms with van der Waals surface area (Å²) in [6.07, 6.45) is 2.38. The van der Waals surface area contributed by atoms with Crippen LogP contribution in [0.4, 0.5) is 10.6 Å². The highest BCUT2D eigenvalue weighted by atomic mass is 35.5. The number of nitrogens with zero attached hydrogens (tertiary/aromatic N) is 4. The molecule has 3 aromatic rings. The van der Waals surface area contributed by atoms with E-state index in [-0.39, 0.29) is 5.56 Å². The van der Waals surface area contributed by atoms with Gasteiger partial charge < -0.3 is 24.4 Å². The minimum Gasteiger partial charge on any atom is -0.478 e. The van der Waals surface area contributed by atoms with Gasteiger partial charge in [0, 0.05) is 44.6 Å². The average molecular weight is 455 g/mol. The molecule has 0 radical (unpaired) electrons. The lowest BCUT2D eigenvalue weighted by Gasteiger charge is -2.34. The Hall–Kier alpha value is -3.85. The van der Waals surface area contributed by atoms with E-state index >= 15 is 0 Å². The van der Waals surface area contributed by atoms with Crippen LogP contribution in [0.1, 0.15) is 10.4 Å². The number of halogens is 1. The Morgan fingerprint density at radius 2 is 1.59 bits per heavy atom. The second-order valence-electron chi connectivity index (χ2n) is 6.94. The molecule has 1 aromatic carbocycles. The summed E-state index contributed by atoms with van der Waals surface area (Å²) in [5, 5.41) is 9.49. The molecule has 4 rings (SSSR count). The molecule has 0 unspecified atom stereocenters. The molecule has 1 aliphatic rings. The summed E-state index contributed by atoms with van der Waals surface area (Å²) >= 11 is 5.81. The number of ether oxygens (including phenoxy) is 2. The van der Waals surface area contributed by atoms with Gasteiger partial charge in [-0.25, -0.2) is 19.6 Å². The van der Waals surface area contributed by atoms with Crippen molar-refractivity contribution in [2.24, 2.45) is 0 Å². The molecule has 3 heterocycles. The maximum absolute atomic E-state index is 12.5. The number of anilines is 1. The first-order valence-electron chi connectivity index (χ1n) is 9.78. The lowest BCUT2D eigenvalue weighted by molar-refractivity contribution is 0.0696. The highest BCUT2D eigenvalue weighted by Crippen LogP contribution is 2.24. The number of amides is 1. The van der Waals surface area contributed by atoms with E-state index in [2.05, 4.69) is 9.97 Å². The zero-order valence-electron chi connectivity index (χ0n) is 16.8. The fraction of sp³-hybridized carbons (Fsp3) is 0.182. The van der Waals surface area contributed by atoms with Crippen molar-refractivity contribution in [3.05, 3.63) is 71.5 Å². The molecule has 1 saturated heterocycles. The summed E-state index contributed by atoms with van der Waals surface area (Å²) in [4.78, 5) is 35.3. The highest BCUT2D eigenvalue weighted by molar-refractivity contribution is 6.30. The van der Waals surface area contributed by atoms with Crippen molar-refractivity contribution < 1.29 is 24.2 Å². The topological polar surface area (TPSA) is 105 Å². The van der Waals surface area contributed by atoms with Crippen LogP contribution in [0.15, 0.2) is 60.9 Å². The smallest absolute Gasteiger partial charge is 0.415 e. The van der Waals surface area contributed by atoms with E-state index < -0.39 is 12.1 Å². The van der Waals surface area contributed by atoms with Gasteiger partial charge in [0.05, 0.1) is 10.6 Å². The van der Waals surface area contributed by atoms with E-state index in [4.69, 9.17) is 26.2 Å². The zero-order chi connectivity index (χ0) is 22.5. The minimum absolute atomic E-state index is 0.136. The van der Waals surface area contributed by atoms with Crippen molar-refractivity contribution in [3.8, 4) is 17.4 Å². The number of benzene rings is 1. The van der Waals surface area contributed by atoms with Gasteiger partial charge in [-0.1, -0.05) is 11.6 Å². The molecule has 1 N–H and O–H groups in total. The first-order chi connectivity index (χ1) is 15.5. The average Bonchev–Trinajstić information content (AvgIpc) is 2.82. The molecule has 1 fully saturated rings. The fourth-order valence-corrected chi connectivity index (χ4v) is 3.21. The van der Waals surface area contributed by atoms with Crippen LogP contribution < -0.4 is 14.4 Å². The van der Waals surface area contributed by atoms with E-state index in [1.165, 1.54) is 18.5 Å². The van der Waals surface area contributed by atoms with Crippen LogP contribution >= 0.6 is 11.6 Å². The van der Waals surface area contributed by atoms with Crippen molar-refractivity contribution in [3.63, 3.8) is 0 Å². The molecule has 0 aliphatic carbocycles. The van der Waals surface area contributed by atoms with Crippen LogP contribution in [0.2, 0.25) is 5.02 Å². The molecule has 164 valence electrons. The summed E-state index contributed by atoms with van der Waals surface area (Å²) in [6.45, 7) is 2.06. The predicted octanol–water partition coefficient (Wildman–Crippen LogP) is 3.94.